The van der Waals surface area contributed by atoms with Gasteiger partial charge in [-0.1, -0.05) is 13.8 Å². The molecule has 1 rings (SSSR count). The van der Waals surface area contributed by atoms with Gasteiger partial charge >= 0.3 is 0 Å². The molecule has 0 aliphatic carbocycles. The van der Waals surface area contributed by atoms with Gasteiger partial charge in [-0.2, -0.15) is 0 Å². The Morgan fingerprint density at radius 2 is 2.22 bits per heavy atom. The van der Waals surface area contributed by atoms with Crippen LogP contribution in [0.5, 0.6) is 0 Å². The smallest absolute Gasteiger partial charge is 0.251 e. The monoisotopic (exact) mass is 317 g/mol. The number of hydrogen-bond acceptors (Lipinski definition) is 2. The van der Waals surface area contributed by atoms with Crippen LogP contribution in [-0.2, 0) is 4.74 Å². The van der Waals surface area contributed by atoms with Crippen molar-refractivity contribution in [1.29, 1.82) is 0 Å². The van der Waals surface area contributed by atoms with E-state index in [1.165, 1.54) is 12.1 Å². The number of ether oxygens (including phenoxy) is 1. The minimum atomic E-state index is -0.446. The van der Waals surface area contributed by atoms with Crippen LogP contribution in [0.25, 0.3) is 0 Å². The van der Waals surface area contributed by atoms with Crippen LogP contribution in [0, 0.1) is 11.7 Å². The molecule has 0 spiro atoms. The lowest BCUT2D eigenvalue weighted by Gasteiger charge is -2.08. The number of amides is 1. The molecule has 0 unspecified atom stereocenters. The first-order valence-electron chi connectivity index (χ1n) is 5.81. The summed E-state index contributed by atoms with van der Waals surface area (Å²) < 4.78 is 18.9. The van der Waals surface area contributed by atoms with Gasteiger partial charge in [-0.3, -0.25) is 4.79 Å². The summed E-state index contributed by atoms with van der Waals surface area (Å²) in [6, 6.07) is 4.28. The van der Waals surface area contributed by atoms with E-state index >= 15 is 0 Å². The van der Waals surface area contributed by atoms with Crippen LogP contribution in [0.2, 0.25) is 0 Å². The number of benzene rings is 1. The van der Waals surface area contributed by atoms with Gasteiger partial charge in [0.05, 0.1) is 11.1 Å². The maximum atomic E-state index is 13.2. The normalized spacial score (nSPS) is 10.7. The first-order valence-corrected chi connectivity index (χ1v) is 6.61. The van der Waals surface area contributed by atoms with Crippen LogP contribution in [0.4, 0.5) is 4.39 Å². The Hall–Kier alpha value is -0.940. The summed E-state index contributed by atoms with van der Waals surface area (Å²) in [6.45, 7) is 5.67. The van der Waals surface area contributed by atoms with Crippen molar-refractivity contribution in [3.8, 4) is 0 Å². The SMILES string of the molecule is CC(C)COCCNC(=O)c1ccc(Br)c(F)c1. The van der Waals surface area contributed by atoms with Crippen LogP contribution in [-0.4, -0.2) is 25.7 Å². The molecular formula is C13H17BrFNO2. The van der Waals surface area contributed by atoms with Gasteiger partial charge in [0.15, 0.2) is 0 Å². The van der Waals surface area contributed by atoms with Crippen molar-refractivity contribution in [2.45, 2.75) is 13.8 Å². The van der Waals surface area contributed by atoms with Gasteiger partial charge in [0.2, 0.25) is 0 Å². The summed E-state index contributed by atoms with van der Waals surface area (Å²) in [7, 11) is 0. The molecule has 5 heteroatoms. The molecule has 0 fully saturated rings. The second-order valence-corrected chi connectivity index (χ2v) is 5.21. The lowest BCUT2D eigenvalue weighted by Crippen LogP contribution is -2.27. The molecule has 0 atom stereocenters. The second kappa shape index (κ2) is 7.48. The maximum Gasteiger partial charge on any atom is 0.251 e. The Kier molecular flexibility index (Phi) is 6.29. The predicted molar refractivity (Wildman–Crippen MR) is 72.1 cm³/mol. The summed E-state index contributed by atoms with van der Waals surface area (Å²) in [5.74, 6) is -0.269. The van der Waals surface area contributed by atoms with Crippen molar-refractivity contribution >= 4 is 21.8 Å². The molecule has 0 saturated carbocycles. The molecule has 1 amide bonds. The zero-order chi connectivity index (χ0) is 13.5. The van der Waals surface area contributed by atoms with E-state index in [-0.39, 0.29) is 5.91 Å². The summed E-state index contributed by atoms with van der Waals surface area (Å²) in [5, 5.41) is 2.67. The quantitative estimate of drug-likeness (QED) is 0.819. The molecule has 0 saturated heterocycles. The average Bonchev–Trinajstić information content (AvgIpc) is 2.31. The standard InChI is InChI=1S/C13H17BrFNO2/c1-9(2)8-18-6-5-16-13(17)10-3-4-11(14)12(15)7-10/h3-4,7,9H,5-6,8H2,1-2H3,(H,16,17). The van der Waals surface area contributed by atoms with Gasteiger partial charge in [-0.05, 0) is 40.0 Å². The minimum Gasteiger partial charge on any atom is -0.379 e. The van der Waals surface area contributed by atoms with Crippen LogP contribution in [0.1, 0.15) is 24.2 Å². The van der Waals surface area contributed by atoms with E-state index in [2.05, 4.69) is 35.1 Å². The van der Waals surface area contributed by atoms with E-state index in [1.54, 1.807) is 6.07 Å². The van der Waals surface area contributed by atoms with Gasteiger partial charge in [0.1, 0.15) is 5.82 Å². The summed E-state index contributed by atoms with van der Waals surface area (Å²) in [6.07, 6.45) is 0. The molecule has 0 radical (unpaired) electrons. The third kappa shape index (κ3) is 5.14. The fourth-order valence-electron chi connectivity index (χ4n) is 1.30. The molecule has 0 aliphatic rings. The van der Waals surface area contributed by atoms with Crippen LogP contribution in [0.15, 0.2) is 22.7 Å². The number of hydrogen-bond donors (Lipinski definition) is 1. The molecule has 1 aromatic rings. The van der Waals surface area contributed by atoms with Crippen LogP contribution < -0.4 is 5.32 Å². The number of carbonyl (C=O) groups excluding carboxylic acids is 1. The minimum absolute atomic E-state index is 0.297. The number of nitrogens with one attached hydrogen (secondary N) is 1. The number of carbonyl (C=O) groups is 1. The van der Waals surface area contributed by atoms with E-state index in [4.69, 9.17) is 4.74 Å². The molecule has 0 aliphatic heterocycles. The average molecular weight is 318 g/mol. The molecule has 1 N–H and O–H groups in total. The summed E-state index contributed by atoms with van der Waals surface area (Å²) in [4.78, 5) is 11.7. The Labute approximate surface area is 115 Å². The first-order chi connectivity index (χ1) is 8.50. The Morgan fingerprint density at radius 1 is 1.50 bits per heavy atom. The molecule has 0 bridgehead atoms. The topological polar surface area (TPSA) is 38.3 Å². The van der Waals surface area contributed by atoms with E-state index < -0.39 is 5.82 Å². The van der Waals surface area contributed by atoms with Crippen molar-refractivity contribution in [2.24, 2.45) is 5.92 Å². The van der Waals surface area contributed by atoms with E-state index in [0.29, 0.717) is 35.7 Å². The maximum absolute atomic E-state index is 13.2. The third-order valence-corrected chi connectivity index (χ3v) is 2.81. The molecule has 100 valence electrons. The fraction of sp³-hybridized carbons (Fsp3) is 0.462. The third-order valence-electron chi connectivity index (χ3n) is 2.16. The fourth-order valence-corrected chi connectivity index (χ4v) is 1.54. The Morgan fingerprint density at radius 3 is 2.83 bits per heavy atom. The lowest BCUT2D eigenvalue weighted by atomic mass is 10.2. The zero-order valence-corrected chi connectivity index (χ0v) is 12.1. The Bertz CT molecular complexity index is 410. The van der Waals surface area contributed by atoms with Crippen molar-refractivity contribution in [3.63, 3.8) is 0 Å². The lowest BCUT2D eigenvalue weighted by molar-refractivity contribution is 0.0886. The zero-order valence-electron chi connectivity index (χ0n) is 10.5. The van der Waals surface area contributed by atoms with Gasteiger partial charge in [0, 0.05) is 18.7 Å². The number of rotatable bonds is 6. The van der Waals surface area contributed by atoms with Gasteiger partial charge in [-0.25, -0.2) is 4.39 Å². The molecule has 3 nitrogen and oxygen atoms in total. The predicted octanol–water partition coefficient (Wildman–Crippen LogP) is 2.99. The van der Waals surface area contributed by atoms with Crippen LogP contribution in [0.3, 0.4) is 0 Å². The summed E-state index contributed by atoms with van der Waals surface area (Å²) in [5.41, 5.74) is 0.305. The van der Waals surface area contributed by atoms with E-state index in [9.17, 15) is 9.18 Å². The van der Waals surface area contributed by atoms with Crippen LogP contribution >= 0.6 is 15.9 Å². The molecule has 0 aromatic heterocycles. The molecule has 18 heavy (non-hydrogen) atoms. The van der Waals surface area contributed by atoms with Crippen molar-refractivity contribution in [2.75, 3.05) is 19.8 Å². The van der Waals surface area contributed by atoms with E-state index in [1.807, 2.05) is 0 Å². The summed E-state index contributed by atoms with van der Waals surface area (Å²) >= 11 is 3.04. The van der Waals surface area contributed by atoms with Crippen molar-refractivity contribution in [1.82, 2.24) is 5.32 Å². The van der Waals surface area contributed by atoms with Gasteiger partial charge < -0.3 is 10.1 Å². The number of halogens is 2. The van der Waals surface area contributed by atoms with Gasteiger partial charge in [-0.15, -0.1) is 0 Å². The van der Waals surface area contributed by atoms with E-state index in [0.717, 1.165) is 0 Å². The van der Waals surface area contributed by atoms with Gasteiger partial charge in [0.25, 0.3) is 5.91 Å². The second-order valence-electron chi connectivity index (χ2n) is 4.35. The Balaban J connectivity index is 2.34. The highest BCUT2D eigenvalue weighted by molar-refractivity contribution is 9.10. The molecule has 1 aromatic carbocycles. The highest BCUT2D eigenvalue weighted by Gasteiger charge is 2.07. The first kappa shape index (κ1) is 15.1. The highest BCUT2D eigenvalue weighted by atomic mass is 79.9. The van der Waals surface area contributed by atoms with Crippen molar-refractivity contribution in [3.05, 3.63) is 34.1 Å². The molecular weight excluding hydrogens is 301 g/mol. The highest BCUT2D eigenvalue weighted by Crippen LogP contribution is 2.16. The largest absolute Gasteiger partial charge is 0.379 e. The molecule has 0 heterocycles. The van der Waals surface area contributed by atoms with Crippen molar-refractivity contribution < 1.29 is 13.9 Å².